The average molecular weight is 354 g/mol. The number of likely N-dealkylation sites (N-methyl/N-ethyl adjacent to an activating group) is 1. The van der Waals surface area contributed by atoms with E-state index < -0.39 is 0 Å². The Morgan fingerprint density at radius 3 is 2.64 bits per heavy atom. The maximum absolute atomic E-state index is 11.6. The van der Waals surface area contributed by atoms with Crippen LogP contribution in [0.4, 0.5) is 5.95 Å². The summed E-state index contributed by atoms with van der Waals surface area (Å²) in [5, 5.41) is 4.12. The van der Waals surface area contributed by atoms with Crippen LogP contribution in [0, 0.1) is 0 Å². The van der Waals surface area contributed by atoms with E-state index in [4.69, 9.17) is 14.0 Å². The molecule has 0 aromatic carbocycles. The van der Waals surface area contributed by atoms with Crippen LogP contribution in [-0.2, 0) is 19.7 Å². The van der Waals surface area contributed by atoms with Crippen LogP contribution < -0.4 is 4.90 Å². The fourth-order valence-electron chi connectivity index (χ4n) is 2.59. The van der Waals surface area contributed by atoms with Crippen molar-refractivity contribution >= 4 is 11.9 Å². The van der Waals surface area contributed by atoms with Gasteiger partial charge in [0.05, 0.1) is 18.3 Å². The standard InChI is InChI=1S/C17H30N4O4/c1-16(2,3)14-18-15(19-25-14)21-8-12(24-17(4,5)11-21)9-23-10-13(22)20(6)7/h12H,8-11H2,1-7H3/t12-/m1/s1. The topological polar surface area (TPSA) is 80.9 Å². The molecule has 1 aliphatic heterocycles. The van der Waals surface area contributed by atoms with E-state index in [1.54, 1.807) is 14.1 Å². The number of hydrogen-bond acceptors (Lipinski definition) is 7. The summed E-state index contributed by atoms with van der Waals surface area (Å²) in [4.78, 5) is 19.7. The Hall–Kier alpha value is -1.67. The molecule has 8 heteroatoms. The lowest BCUT2D eigenvalue weighted by Gasteiger charge is -2.42. The fraction of sp³-hybridized carbons (Fsp3) is 0.824. The largest absolute Gasteiger partial charge is 0.369 e. The van der Waals surface area contributed by atoms with Gasteiger partial charge in [-0.05, 0) is 19.0 Å². The maximum atomic E-state index is 11.6. The SMILES string of the molecule is CN(C)C(=O)COC[C@H]1CN(c2noc(C(C)(C)C)n2)CC(C)(C)O1. The molecular formula is C17H30N4O4. The summed E-state index contributed by atoms with van der Waals surface area (Å²) in [6.45, 7) is 11.8. The summed E-state index contributed by atoms with van der Waals surface area (Å²) in [6, 6.07) is 0. The van der Waals surface area contributed by atoms with E-state index in [2.05, 4.69) is 10.1 Å². The molecule has 8 nitrogen and oxygen atoms in total. The molecule has 0 bridgehead atoms. The Morgan fingerprint density at radius 2 is 2.08 bits per heavy atom. The van der Waals surface area contributed by atoms with Crippen molar-refractivity contribution in [1.29, 1.82) is 0 Å². The second kappa shape index (κ2) is 7.29. The molecule has 25 heavy (non-hydrogen) atoms. The van der Waals surface area contributed by atoms with Crippen molar-refractivity contribution in [3.63, 3.8) is 0 Å². The number of amides is 1. The third kappa shape index (κ3) is 5.40. The van der Waals surface area contributed by atoms with Crippen molar-refractivity contribution in [1.82, 2.24) is 15.0 Å². The second-order valence-electron chi connectivity index (χ2n) is 8.33. The molecule has 2 rings (SSSR count). The van der Waals surface area contributed by atoms with Gasteiger partial charge < -0.3 is 23.8 Å². The van der Waals surface area contributed by atoms with Crippen molar-refractivity contribution in [3.05, 3.63) is 5.89 Å². The van der Waals surface area contributed by atoms with Gasteiger partial charge in [0.2, 0.25) is 11.8 Å². The number of carbonyl (C=O) groups is 1. The van der Waals surface area contributed by atoms with Gasteiger partial charge >= 0.3 is 0 Å². The summed E-state index contributed by atoms with van der Waals surface area (Å²) in [5.74, 6) is 1.10. The van der Waals surface area contributed by atoms with E-state index in [0.717, 1.165) is 0 Å². The predicted octanol–water partition coefficient (Wildman–Crippen LogP) is 1.46. The molecule has 1 aromatic heterocycles. The minimum atomic E-state index is -0.375. The molecule has 1 aromatic rings. The van der Waals surface area contributed by atoms with Gasteiger partial charge in [0, 0.05) is 32.6 Å². The fourth-order valence-corrected chi connectivity index (χ4v) is 2.59. The summed E-state index contributed by atoms with van der Waals surface area (Å²) in [6.07, 6.45) is -0.171. The summed E-state index contributed by atoms with van der Waals surface area (Å²) in [5.41, 5.74) is -0.567. The lowest BCUT2D eigenvalue weighted by molar-refractivity contribution is -0.139. The van der Waals surface area contributed by atoms with Crippen LogP contribution >= 0.6 is 0 Å². The molecule has 0 radical (unpaired) electrons. The van der Waals surface area contributed by atoms with Crippen LogP contribution in [0.25, 0.3) is 0 Å². The number of carbonyl (C=O) groups excluding carboxylic acids is 1. The highest BCUT2D eigenvalue weighted by Gasteiger charge is 2.36. The highest BCUT2D eigenvalue weighted by atomic mass is 16.6. The van der Waals surface area contributed by atoms with Gasteiger partial charge in [-0.1, -0.05) is 20.8 Å². The van der Waals surface area contributed by atoms with Crippen molar-refractivity contribution < 1.29 is 18.8 Å². The smallest absolute Gasteiger partial charge is 0.266 e. The first kappa shape index (κ1) is 19.7. The van der Waals surface area contributed by atoms with Gasteiger partial charge in [0.25, 0.3) is 5.95 Å². The van der Waals surface area contributed by atoms with Crippen molar-refractivity contribution in [3.8, 4) is 0 Å². The number of anilines is 1. The molecule has 142 valence electrons. The van der Waals surface area contributed by atoms with Crippen molar-refractivity contribution in [2.45, 2.75) is 51.7 Å². The Balaban J connectivity index is 2.00. The highest BCUT2D eigenvalue weighted by Crippen LogP contribution is 2.27. The van der Waals surface area contributed by atoms with E-state index in [-0.39, 0.29) is 29.6 Å². The second-order valence-corrected chi connectivity index (χ2v) is 8.33. The van der Waals surface area contributed by atoms with E-state index in [9.17, 15) is 4.79 Å². The number of morpholine rings is 1. The lowest BCUT2D eigenvalue weighted by atomic mass is 9.97. The van der Waals surface area contributed by atoms with Crippen LogP contribution in [0.2, 0.25) is 0 Å². The third-order valence-electron chi connectivity index (χ3n) is 3.85. The molecular weight excluding hydrogens is 324 g/mol. The van der Waals surface area contributed by atoms with Gasteiger partial charge in [0.1, 0.15) is 6.61 Å². The molecule has 0 aliphatic carbocycles. The number of rotatable bonds is 5. The number of ether oxygens (including phenoxy) is 2. The first-order valence-electron chi connectivity index (χ1n) is 8.53. The van der Waals surface area contributed by atoms with Crippen LogP contribution in [0.3, 0.4) is 0 Å². The number of hydrogen-bond donors (Lipinski definition) is 0. The average Bonchev–Trinajstić information content (AvgIpc) is 2.95. The van der Waals surface area contributed by atoms with Gasteiger partial charge in [-0.25, -0.2) is 0 Å². The molecule has 0 spiro atoms. The number of aromatic nitrogens is 2. The predicted molar refractivity (Wildman–Crippen MR) is 93.7 cm³/mol. The van der Waals surface area contributed by atoms with Crippen LogP contribution in [0.5, 0.6) is 0 Å². The van der Waals surface area contributed by atoms with Gasteiger partial charge in [-0.3, -0.25) is 4.79 Å². The van der Waals surface area contributed by atoms with Gasteiger partial charge in [-0.15, -0.1) is 0 Å². The quantitative estimate of drug-likeness (QED) is 0.792. The molecule has 0 N–H and O–H groups in total. The monoisotopic (exact) mass is 354 g/mol. The van der Waals surface area contributed by atoms with Gasteiger partial charge in [0.15, 0.2) is 0 Å². The van der Waals surface area contributed by atoms with E-state index in [1.807, 2.05) is 39.5 Å². The Labute approximate surface area is 149 Å². The van der Waals surface area contributed by atoms with Gasteiger partial charge in [-0.2, -0.15) is 4.98 Å². The summed E-state index contributed by atoms with van der Waals surface area (Å²) in [7, 11) is 3.41. The molecule has 0 unspecified atom stereocenters. The molecule has 1 atom stereocenters. The zero-order chi connectivity index (χ0) is 18.8. The first-order valence-corrected chi connectivity index (χ1v) is 8.53. The molecule has 2 heterocycles. The van der Waals surface area contributed by atoms with Crippen molar-refractivity contribution in [2.75, 3.05) is 45.3 Å². The minimum Gasteiger partial charge on any atom is -0.369 e. The van der Waals surface area contributed by atoms with Crippen LogP contribution in [0.15, 0.2) is 4.52 Å². The first-order chi connectivity index (χ1) is 11.5. The van der Waals surface area contributed by atoms with Crippen LogP contribution in [0.1, 0.15) is 40.5 Å². The van der Waals surface area contributed by atoms with E-state index >= 15 is 0 Å². The normalized spacial score (nSPS) is 20.6. The van der Waals surface area contributed by atoms with E-state index in [1.165, 1.54) is 4.90 Å². The van der Waals surface area contributed by atoms with Crippen molar-refractivity contribution in [2.24, 2.45) is 0 Å². The minimum absolute atomic E-state index is 0.0453. The zero-order valence-electron chi connectivity index (χ0n) is 16.3. The number of nitrogens with zero attached hydrogens (tertiary/aromatic N) is 4. The zero-order valence-corrected chi connectivity index (χ0v) is 16.3. The van der Waals surface area contributed by atoms with E-state index in [0.29, 0.717) is 31.5 Å². The Morgan fingerprint density at radius 1 is 1.40 bits per heavy atom. The third-order valence-corrected chi connectivity index (χ3v) is 3.85. The molecule has 1 amide bonds. The lowest BCUT2D eigenvalue weighted by Crippen LogP contribution is -2.54. The summed E-state index contributed by atoms with van der Waals surface area (Å²) < 4.78 is 17.0. The Bertz CT molecular complexity index is 592. The molecule has 0 saturated carbocycles. The maximum Gasteiger partial charge on any atom is 0.266 e. The molecule has 1 fully saturated rings. The molecule has 1 saturated heterocycles. The highest BCUT2D eigenvalue weighted by molar-refractivity contribution is 5.76. The Kier molecular flexibility index (Phi) is 5.73. The molecule has 1 aliphatic rings. The summed E-state index contributed by atoms with van der Waals surface area (Å²) >= 11 is 0. The van der Waals surface area contributed by atoms with Crippen LogP contribution in [-0.4, -0.2) is 73.1 Å².